The van der Waals surface area contributed by atoms with E-state index in [9.17, 15) is 5.11 Å². The Bertz CT molecular complexity index is 1070. The summed E-state index contributed by atoms with van der Waals surface area (Å²) < 4.78 is 11.4. The van der Waals surface area contributed by atoms with Crippen LogP contribution in [0.15, 0.2) is 91.0 Å². The normalized spacial score (nSPS) is 11.9. The van der Waals surface area contributed by atoms with Gasteiger partial charge in [0.1, 0.15) is 24.2 Å². The van der Waals surface area contributed by atoms with E-state index in [0.29, 0.717) is 18.1 Å². The molecule has 0 fully saturated rings. The Balaban J connectivity index is 1.73. The summed E-state index contributed by atoms with van der Waals surface area (Å²) in [5.74, 6) is 1.39. The number of hydrogen-bond donors (Lipinski definition) is 1. The van der Waals surface area contributed by atoms with Gasteiger partial charge in [-0.2, -0.15) is 0 Å². The summed E-state index contributed by atoms with van der Waals surface area (Å²) in [6.45, 7) is 0.441. The van der Waals surface area contributed by atoms with Crippen LogP contribution in [0, 0.1) is 0 Å². The lowest BCUT2D eigenvalue weighted by molar-refractivity contribution is 0.209. The summed E-state index contributed by atoms with van der Waals surface area (Å²) in [4.78, 5) is 0. The zero-order valence-electron chi connectivity index (χ0n) is 15.7. The highest BCUT2D eigenvalue weighted by atomic mass is 16.5. The molecule has 3 nitrogen and oxygen atoms in total. The topological polar surface area (TPSA) is 38.7 Å². The van der Waals surface area contributed by atoms with Crippen molar-refractivity contribution in [2.24, 2.45) is 0 Å². The van der Waals surface area contributed by atoms with Crippen molar-refractivity contribution < 1.29 is 14.6 Å². The quantitative estimate of drug-likeness (QED) is 0.486. The maximum Gasteiger partial charge on any atom is 0.126 e. The summed E-state index contributed by atoms with van der Waals surface area (Å²) in [7, 11) is 1.62. The van der Waals surface area contributed by atoms with Gasteiger partial charge in [0.15, 0.2) is 0 Å². The van der Waals surface area contributed by atoms with Gasteiger partial charge in [0.2, 0.25) is 0 Å². The van der Waals surface area contributed by atoms with Gasteiger partial charge in [-0.1, -0.05) is 66.7 Å². The van der Waals surface area contributed by atoms with E-state index < -0.39 is 6.10 Å². The average molecular weight is 370 g/mol. The number of ether oxygens (including phenoxy) is 2. The molecule has 0 aromatic heterocycles. The second-order valence-corrected chi connectivity index (χ2v) is 6.69. The number of rotatable bonds is 6. The molecule has 4 aromatic rings. The maximum absolute atomic E-state index is 11.1. The molecule has 140 valence electrons. The van der Waals surface area contributed by atoms with Crippen molar-refractivity contribution in [2.75, 3.05) is 7.11 Å². The molecule has 0 aliphatic heterocycles. The minimum atomic E-state index is -0.814. The van der Waals surface area contributed by atoms with Gasteiger partial charge >= 0.3 is 0 Å². The highest BCUT2D eigenvalue weighted by molar-refractivity contribution is 5.85. The second kappa shape index (κ2) is 8.15. The molecule has 1 atom stereocenters. The van der Waals surface area contributed by atoms with E-state index in [1.165, 1.54) is 0 Å². The fourth-order valence-corrected chi connectivity index (χ4v) is 3.30. The Kier molecular flexibility index (Phi) is 5.27. The van der Waals surface area contributed by atoms with E-state index in [4.69, 9.17) is 9.47 Å². The number of aliphatic hydroxyl groups is 1. The average Bonchev–Trinajstić information content (AvgIpc) is 2.77. The highest BCUT2D eigenvalue weighted by Crippen LogP contribution is 2.35. The van der Waals surface area contributed by atoms with Crippen LogP contribution in [0.3, 0.4) is 0 Å². The lowest BCUT2D eigenvalue weighted by Gasteiger charge is -2.18. The number of methoxy groups -OCH3 is 1. The smallest absolute Gasteiger partial charge is 0.126 e. The molecule has 0 saturated heterocycles. The van der Waals surface area contributed by atoms with Crippen molar-refractivity contribution >= 4 is 10.8 Å². The van der Waals surface area contributed by atoms with E-state index in [2.05, 4.69) is 0 Å². The zero-order valence-corrected chi connectivity index (χ0v) is 15.7. The molecule has 1 N–H and O–H groups in total. The summed E-state index contributed by atoms with van der Waals surface area (Å²) in [6.07, 6.45) is -0.814. The zero-order chi connectivity index (χ0) is 19.3. The third kappa shape index (κ3) is 3.85. The van der Waals surface area contributed by atoms with Crippen LogP contribution in [0.4, 0.5) is 0 Å². The van der Waals surface area contributed by atoms with Crippen LogP contribution in [-0.2, 0) is 6.61 Å². The molecule has 0 aliphatic carbocycles. The monoisotopic (exact) mass is 370 g/mol. The van der Waals surface area contributed by atoms with Gasteiger partial charge in [0, 0.05) is 5.56 Å². The van der Waals surface area contributed by atoms with Gasteiger partial charge in [-0.15, -0.1) is 0 Å². The first-order valence-corrected chi connectivity index (χ1v) is 9.26. The van der Waals surface area contributed by atoms with Crippen LogP contribution in [0.2, 0.25) is 0 Å². The second-order valence-electron chi connectivity index (χ2n) is 6.69. The summed E-state index contributed by atoms with van der Waals surface area (Å²) in [6, 6.07) is 29.6. The van der Waals surface area contributed by atoms with Gasteiger partial charge in [-0.3, -0.25) is 0 Å². The summed E-state index contributed by atoms with van der Waals surface area (Å²) in [5.41, 5.74) is 2.58. The number of benzene rings is 4. The van der Waals surface area contributed by atoms with Crippen molar-refractivity contribution in [3.63, 3.8) is 0 Å². The first kappa shape index (κ1) is 18.1. The van der Waals surface area contributed by atoms with E-state index in [0.717, 1.165) is 27.5 Å². The van der Waals surface area contributed by atoms with Crippen LogP contribution in [0.1, 0.15) is 22.8 Å². The maximum atomic E-state index is 11.1. The first-order valence-electron chi connectivity index (χ1n) is 9.26. The molecule has 0 radical (unpaired) electrons. The standard InChI is InChI=1S/C25H22O3/c1-27-22-13-7-12-21(14-22)25(26)23-15-19-10-5-6-11-20(19)16-24(23)28-17-18-8-3-2-4-9-18/h2-16,25-26H,17H2,1H3. The van der Waals surface area contributed by atoms with Gasteiger partial charge in [-0.25, -0.2) is 0 Å². The van der Waals surface area contributed by atoms with E-state index in [1.54, 1.807) is 7.11 Å². The third-order valence-corrected chi connectivity index (χ3v) is 4.82. The molecule has 0 heterocycles. The molecule has 3 heteroatoms. The number of hydrogen-bond acceptors (Lipinski definition) is 3. The fraction of sp³-hybridized carbons (Fsp3) is 0.120. The Labute approximate surface area is 164 Å². The van der Waals surface area contributed by atoms with E-state index in [1.807, 2.05) is 91.0 Å². The predicted molar refractivity (Wildman–Crippen MR) is 112 cm³/mol. The van der Waals surface area contributed by atoms with Crippen molar-refractivity contribution in [2.45, 2.75) is 12.7 Å². The summed E-state index contributed by atoms with van der Waals surface area (Å²) >= 11 is 0. The van der Waals surface area contributed by atoms with Crippen molar-refractivity contribution in [1.82, 2.24) is 0 Å². The van der Waals surface area contributed by atoms with Gasteiger partial charge in [-0.05, 0) is 46.2 Å². The van der Waals surface area contributed by atoms with E-state index >= 15 is 0 Å². The SMILES string of the molecule is COc1cccc(C(O)c2cc3ccccc3cc2OCc2ccccc2)c1. The Morgan fingerprint density at radius 3 is 2.25 bits per heavy atom. The lowest BCUT2D eigenvalue weighted by Crippen LogP contribution is -2.05. The lowest BCUT2D eigenvalue weighted by atomic mass is 9.97. The Morgan fingerprint density at radius 2 is 1.50 bits per heavy atom. The highest BCUT2D eigenvalue weighted by Gasteiger charge is 2.18. The Hall–Kier alpha value is -3.30. The molecule has 4 aromatic carbocycles. The molecule has 1 unspecified atom stereocenters. The van der Waals surface area contributed by atoms with Crippen LogP contribution < -0.4 is 9.47 Å². The minimum Gasteiger partial charge on any atom is -0.497 e. The predicted octanol–water partition coefficient (Wildman–Crippen LogP) is 5.51. The van der Waals surface area contributed by atoms with Crippen LogP contribution in [0.25, 0.3) is 10.8 Å². The third-order valence-electron chi connectivity index (χ3n) is 4.82. The molecule has 0 saturated carbocycles. The molecule has 0 aliphatic rings. The summed E-state index contributed by atoms with van der Waals surface area (Å²) in [5, 5.41) is 13.3. The van der Waals surface area contributed by atoms with Crippen molar-refractivity contribution in [1.29, 1.82) is 0 Å². The molecule has 28 heavy (non-hydrogen) atoms. The van der Waals surface area contributed by atoms with Crippen LogP contribution >= 0.6 is 0 Å². The molecule has 4 rings (SSSR count). The molecule has 0 amide bonds. The first-order chi connectivity index (χ1) is 13.7. The molecular formula is C25H22O3. The van der Waals surface area contributed by atoms with Crippen LogP contribution in [-0.4, -0.2) is 12.2 Å². The van der Waals surface area contributed by atoms with E-state index in [-0.39, 0.29) is 0 Å². The van der Waals surface area contributed by atoms with Crippen molar-refractivity contribution in [3.8, 4) is 11.5 Å². The number of fused-ring (bicyclic) bond motifs is 1. The number of aliphatic hydroxyl groups excluding tert-OH is 1. The van der Waals surface area contributed by atoms with Gasteiger partial charge in [0.05, 0.1) is 7.11 Å². The van der Waals surface area contributed by atoms with Gasteiger partial charge in [0.25, 0.3) is 0 Å². The van der Waals surface area contributed by atoms with Crippen LogP contribution in [0.5, 0.6) is 11.5 Å². The largest absolute Gasteiger partial charge is 0.497 e. The van der Waals surface area contributed by atoms with Crippen molar-refractivity contribution in [3.05, 3.63) is 108 Å². The fourth-order valence-electron chi connectivity index (χ4n) is 3.30. The minimum absolute atomic E-state index is 0.441. The molecule has 0 bridgehead atoms. The molecule has 0 spiro atoms. The van der Waals surface area contributed by atoms with Gasteiger partial charge < -0.3 is 14.6 Å². The molecular weight excluding hydrogens is 348 g/mol. The Morgan fingerprint density at radius 1 is 0.786 bits per heavy atom.